The molecule has 1 amide bonds. The molecule has 3 rings (SSSR count). The van der Waals surface area contributed by atoms with E-state index in [1.807, 2.05) is 54.6 Å². The van der Waals surface area contributed by atoms with Crippen molar-refractivity contribution in [1.29, 1.82) is 0 Å². The minimum absolute atomic E-state index is 0.173. The molecule has 3 aromatic rings. The molecule has 0 spiro atoms. The molecule has 1 aromatic heterocycles. The second-order valence-corrected chi connectivity index (χ2v) is 6.11. The molecular weight excluding hydrogens is 342 g/mol. The zero-order valence-corrected chi connectivity index (χ0v) is 14.4. The first-order valence-corrected chi connectivity index (χ1v) is 8.32. The van der Waals surface area contributed by atoms with Crippen LogP contribution in [0.1, 0.15) is 16.1 Å². The average molecular weight is 358 g/mol. The Kier molecular flexibility index (Phi) is 5.13. The highest BCUT2D eigenvalue weighted by molar-refractivity contribution is 7.71. The van der Waals surface area contributed by atoms with Crippen molar-refractivity contribution in [2.75, 3.05) is 6.54 Å². The summed E-state index contributed by atoms with van der Waals surface area (Å²) in [5.74, 6) is -0.173. The van der Waals surface area contributed by atoms with E-state index in [-0.39, 0.29) is 5.91 Å². The molecule has 2 aromatic carbocycles. The van der Waals surface area contributed by atoms with Crippen molar-refractivity contribution in [3.05, 3.63) is 81.8 Å². The summed E-state index contributed by atoms with van der Waals surface area (Å²) in [5, 5.41) is 3.62. The van der Waals surface area contributed by atoms with Gasteiger partial charge in [-0.05, 0) is 48.5 Å². The lowest BCUT2D eigenvalue weighted by atomic mass is 10.1. The van der Waals surface area contributed by atoms with Crippen LogP contribution >= 0.6 is 23.8 Å². The van der Waals surface area contributed by atoms with Crippen LogP contribution in [0.15, 0.2) is 60.8 Å². The van der Waals surface area contributed by atoms with E-state index in [9.17, 15) is 4.79 Å². The maximum absolute atomic E-state index is 12.5. The number of nitrogens with zero attached hydrogens (tertiary/aromatic N) is 1. The van der Waals surface area contributed by atoms with Gasteiger partial charge in [0, 0.05) is 23.5 Å². The fourth-order valence-electron chi connectivity index (χ4n) is 2.47. The molecule has 1 heterocycles. The summed E-state index contributed by atoms with van der Waals surface area (Å²) in [7, 11) is 0. The lowest BCUT2D eigenvalue weighted by Gasteiger charge is -2.09. The first-order valence-electron chi connectivity index (χ1n) is 7.53. The molecule has 0 aliphatic rings. The van der Waals surface area contributed by atoms with Gasteiger partial charge < -0.3 is 10.3 Å². The van der Waals surface area contributed by atoms with Crippen LogP contribution in [-0.4, -0.2) is 22.0 Å². The molecular formula is C18H16ClN3OS. The van der Waals surface area contributed by atoms with Gasteiger partial charge in [0.1, 0.15) is 5.69 Å². The van der Waals surface area contributed by atoms with Crippen LogP contribution in [0.4, 0.5) is 0 Å². The monoisotopic (exact) mass is 357 g/mol. The van der Waals surface area contributed by atoms with Gasteiger partial charge in [-0.1, -0.05) is 41.9 Å². The Morgan fingerprint density at radius 2 is 1.96 bits per heavy atom. The zero-order valence-electron chi connectivity index (χ0n) is 12.8. The van der Waals surface area contributed by atoms with Gasteiger partial charge in [0.05, 0.1) is 0 Å². The van der Waals surface area contributed by atoms with Gasteiger partial charge in [-0.15, -0.1) is 0 Å². The quantitative estimate of drug-likeness (QED) is 0.673. The van der Waals surface area contributed by atoms with Crippen molar-refractivity contribution in [1.82, 2.24) is 14.9 Å². The second-order valence-electron chi connectivity index (χ2n) is 5.29. The SMILES string of the molecule is O=C(NCCc1cccc(Cl)c1)c1c[nH]c(=S)n1-c1ccccc1. The van der Waals surface area contributed by atoms with Crippen molar-refractivity contribution >= 4 is 29.7 Å². The van der Waals surface area contributed by atoms with E-state index in [4.69, 9.17) is 23.8 Å². The molecule has 0 aliphatic carbocycles. The molecule has 122 valence electrons. The number of carbonyl (C=O) groups is 1. The number of hydrogen-bond donors (Lipinski definition) is 2. The van der Waals surface area contributed by atoms with Crippen molar-refractivity contribution in [2.45, 2.75) is 6.42 Å². The molecule has 4 nitrogen and oxygen atoms in total. The minimum Gasteiger partial charge on any atom is -0.350 e. The van der Waals surface area contributed by atoms with Crippen LogP contribution in [0.2, 0.25) is 5.02 Å². The second kappa shape index (κ2) is 7.47. The van der Waals surface area contributed by atoms with Gasteiger partial charge in [0.2, 0.25) is 0 Å². The van der Waals surface area contributed by atoms with Crippen LogP contribution in [0.5, 0.6) is 0 Å². The number of amides is 1. The molecule has 0 fully saturated rings. The highest BCUT2D eigenvalue weighted by Gasteiger charge is 2.13. The first kappa shape index (κ1) is 16.5. The van der Waals surface area contributed by atoms with Crippen molar-refractivity contribution in [3.8, 4) is 5.69 Å². The maximum atomic E-state index is 12.5. The maximum Gasteiger partial charge on any atom is 0.269 e. The molecule has 0 saturated carbocycles. The molecule has 0 atom stereocenters. The topological polar surface area (TPSA) is 49.8 Å². The van der Waals surface area contributed by atoms with Crippen LogP contribution in [0.3, 0.4) is 0 Å². The number of halogens is 1. The fourth-order valence-corrected chi connectivity index (χ4v) is 2.95. The number of hydrogen-bond acceptors (Lipinski definition) is 2. The largest absolute Gasteiger partial charge is 0.350 e. The molecule has 0 bridgehead atoms. The highest BCUT2D eigenvalue weighted by atomic mass is 35.5. The van der Waals surface area contributed by atoms with E-state index < -0.39 is 0 Å². The third kappa shape index (κ3) is 3.75. The Bertz CT molecular complexity index is 902. The van der Waals surface area contributed by atoms with Gasteiger partial charge in [-0.2, -0.15) is 0 Å². The van der Waals surface area contributed by atoms with Crippen LogP contribution in [0.25, 0.3) is 5.69 Å². The molecule has 0 saturated heterocycles. The van der Waals surface area contributed by atoms with Gasteiger partial charge in [0.15, 0.2) is 4.77 Å². The summed E-state index contributed by atoms with van der Waals surface area (Å²) in [6.07, 6.45) is 2.34. The van der Waals surface area contributed by atoms with Crippen LogP contribution in [-0.2, 0) is 6.42 Å². The Hall–Kier alpha value is -2.37. The van der Waals surface area contributed by atoms with Gasteiger partial charge in [0.25, 0.3) is 5.91 Å². The summed E-state index contributed by atoms with van der Waals surface area (Å²) < 4.78 is 2.21. The summed E-state index contributed by atoms with van der Waals surface area (Å²) in [6, 6.07) is 17.2. The van der Waals surface area contributed by atoms with E-state index in [1.165, 1.54) is 0 Å². The molecule has 0 radical (unpaired) electrons. The number of benzene rings is 2. The molecule has 6 heteroatoms. The Balaban J connectivity index is 1.71. The predicted molar refractivity (Wildman–Crippen MR) is 98.4 cm³/mol. The number of aromatic nitrogens is 2. The summed E-state index contributed by atoms with van der Waals surface area (Å²) in [5.41, 5.74) is 2.41. The Labute approximate surface area is 150 Å². The number of H-pyrrole nitrogens is 1. The van der Waals surface area contributed by atoms with Gasteiger partial charge >= 0.3 is 0 Å². The smallest absolute Gasteiger partial charge is 0.269 e. The lowest BCUT2D eigenvalue weighted by molar-refractivity contribution is 0.0947. The number of rotatable bonds is 5. The molecule has 24 heavy (non-hydrogen) atoms. The number of para-hydroxylation sites is 1. The molecule has 0 unspecified atom stereocenters. The Morgan fingerprint density at radius 3 is 2.71 bits per heavy atom. The summed E-state index contributed by atoms with van der Waals surface area (Å²) >= 11 is 11.3. The summed E-state index contributed by atoms with van der Waals surface area (Å²) in [6.45, 7) is 0.520. The van der Waals surface area contributed by atoms with E-state index in [2.05, 4.69) is 10.3 Å². The molecule has 2 N–H and O–H groups in total. The highest BCUT2D eigenvalue weighted by Crippen LogP contribution is 2.13. The number of carbonyl (C=O) groups excluding carboxylic acids is 1. The summed E-state index contributed by atoms with van der Waals surface area (Å²) in [4.78, 5) is 15.4. The number of imidazole rings is 1. The first-order chi connectivity index (χ1) is 11.6. The third-order valence-electron chi connectivity index (χ3n) is 3.61. The third-order valence-corrected chi connectivity index (χ3v) is 4.15. The normalized spacial score (nSPS) is 10.5. The molecule has 0 aliphatic heterocycles. The van der Waals surface area contributed by atoms with Crippen molar-refractivity contribution < 1.29 is 4.79 Å². The van der Waals surface area contributed by atoms with Crippen molar-refractivity contribution in [3.63, 3.8) is 0 Å². The fraction of sp³-hybridized carbons (Fsp3) is 0.111. The minimum atomic E-state index is -0.173. The van der Waals surface area contributed by atoms with Crippen LogP contribution in [0, 0.1) is 4.77 Å². The van der Waals surface area contributed by atoms with Crippen LogP contribution < -0.4 is 5.32 Å². The van der Waals surface area contributed by atoms with E-state index >= 15 is 0 Å². The van der Waals surface area contributed by atoms with E-state index in [0.29, 0.717) is 28.5 Å². The van der Waals surface area contributed by atoms with E-state index in [1.54, 1.807) is 10.8 Å². The standard InChI is InChI=1S/C18H16ClN3OS/c19-14-6-4-5-13(11-14)9-10-20-17(23)16-12-21-18(24)22(16)15-7-2-1-3-8-15/h1-8,11-12H,9-10H2,(H,20,23)(H,21,24). The zero-order chi connectivity index (χ0) is 16.9. The van der Waals surface area contributed by atoms with Crippen molar-refractivity contribution in [2.24, 2.45) is 0 Å². The lowest BCUT2D eigenvalue weighted by Crippen LogP contribution is -2.27. The predicted octanol–water partition coefficient (Wildman–Crippen LogP) is 4.16. The Morgan fingerprint density at radius 1 is 1.17 bits per heavy atom. The van der Waals surface area contributed by atoms with E-state index in [0.717, 1.165) is 11.3 Å². The average Bonchev–Trinajstić information content (AvgIpc) is 2.97. The number of nitrogens with one attached hydrogen (secondary N) is 2. The van der Waals surface area contributed by atoms with Gasteiger partial charge in [-0.25, -0.2) is 0 Å². The number of aromatic amines is 1. The van der Waals surface area contributed by atoms with Gasteiger partial charge in [-0.3, -0.25) is 9.36 Å².